The second-order valence-corrected chi connectivity index (χ2v) is 8.96. The van der Waals surface area contributed by atoms with Crippen molar-refractivity contribution >= 4 is 33.9 Å². The number of benzene rings is 2. The second-order valence-electron chi connectivity index (χ2n) is 8.01. The Morgan fingerprint density at radius 3 is 2.77 bits per heavy atom. The SMILES string of the molecule is Cc1cc(C)c2c(c1)C(=NNC(=O)c1cc(-c3cccs3)nc3ccccc13)CCC2. The predicted molar refractivity (Wildman–Crippen MR) is 128 cm³/mol. The van der Waals surface area contributed by atoms with Crippen LogP contribution in [0.4, 0.5) is 0 Å². The molecule has 4 nitrogen and oxygen atoms in total. The summed E-state index contributed by atoms with van der Waals surface area (Å²) in [5.41, 5.74) is 11.0. The van der Waals surface area contributed by atoms with Crippen molar-refractivity contribution in [3.8, 4) is 10.6 Å². The van der Waals surface area contributed by atoms with E-state index in [4.69, 9.17) is 4.98 Å². The number of hydrogen-bond acceptors (Lipinski definition) is 4. The lowest BCUT2D eigenvalue weighted by atomic mass is 9.86. The van der Waals surface area contributed by atoms with Gasteiger partial charge in [-0.1, -0.05) is 35.9 Å². The molecule has 1 aliphatic rings. The summed E-state index contributed by atoms with van der Waals surface area (Å²) in [6.45, 7) is 4.26. The number of rotatable bonds is 3. The van der Waals surface area contributed by atoms with E-state index in [-0.39, 0.29) is 5.91 Å². The van der Waals surface area contributed by atoms with Crippen LogP contribution in [0.25, 0.3) is 21.5 Å². The lowest BCUT2D eigenvalue weighted by Gasteiger charge is -2.20. The van der Waals surface area contributed by atoms with E-state index in [0.717, 1.165) is 46.4 Å². The number of amides is 1. The van der Waals surface area contributed by atoms with Crippen LogP contribution in [-0.4, -0.2) is 16.6 Å². The Morgan fingerprint density at radius 1 is 1.06 bits per heavy atom. The summed E-state index contributed by atoms with van der Waals surface area (Å²) in [6.07, 6.45) is 2.98. The molecule has 2 heterocycles. The normalized spacial score (nSPS) is 14.6. The molecule has 0 aliphatic heterocycles. The highest BCUT2D eigenvalue weighted by atomic mass is 32.1. The highest BCUT2D eigenvalue weighted by molar-refractivity contribution is 7.13. The topological polar surface area (TPSA) is 54.4 Å². The fraction of sp³-hybridized carbons (Fsp3) is 0.192. The molecule has 4 aromatic rings. The first kappa shape index (κ1) is 19.6. The molecule has 5 rings (SSSR count). The minimum absolute atomic E-state index is 0.208. The number of nitrogens with zero attached hydrogens (tertiary/aromatic N) is 2. The summed E-state index contributed by atoms with van der Waals surface area (Å²) >= 11 is 1.61. The Bertz CT molecular complexity index is 1320. The first-order valence-corrected chi connectivity index (χ1v) is 11.4. The molecule has 0 spiro atoms. The molecular formula is C26H23N3OS. The molecule has 0 radical (unpaired) electrons. The van der Waals surface area contributed by atoms with Crippen LogP contribution in [-0.2, 0) is 6.42 Å². The van der Waals surface area contributed by atoms with E-state index in [2.05, 4.69) is 36.5 Å². The summed E-state index contributed by atoms with van der Waals surface area (Å²) in [7, 11) is 0. The standard InChI is InChI=1S/C26H23N3OS/c1-16-13-17(2)18-8-5-10-23(20(18)14-16)28-29-26(30)21-15-24(25-11-6-12-31-25)27-22-9-4-3-7-19(21)22/h3-4,6-7,9,11-15H,5,8,10H2,1-2H3,(H,29,30). The molecule has 154 valence electrons. The number of nitrogens with one attached hydrogen (secondary N) is 1. The van der Waals surface area contributed by atoms with E-state index >= 15 is 0 Å². The predicted octanol–water partition coefficient (Wildman–Crippen LogP) is 6.05. The van der Waals surface area contributed by atoms with Gasteiger partial charge >= 0.3 is 0 Å². The number of thiophene rings is 1. The van der Waals surface area contributed by atoms with Crippen molar-refractivity contribution < 1.29 is 4.79 Å². The Balaban J connectivity index is 1.52. The zero-order valence-corrected chi connectivity index (χ0v) is 18.4. The molecule has 1 aliphatic carbocycles. The fourth-order valence-electron chi connectivity index (χ4n) is 4.36. The largest absolute Gasteiger partial charge is 0.272 e. The second kappa shape index (κ2) is 8.08. The van der Waals surface area contributed by atoms with Crippen LogP contribution in [0.15, 0.2) is 65.1 Å². The number of aromatic nitrogens is 1. The van der Waals surface area contributed by atoms with Crippen molar-refractivity contribution in [2.45, 2.75) is 33.1 Å². The van der Waals surface area contributed by atoms with E-state index in [0.29, 0.717) is 5.56 Å². The van der Waals surface area contributed by atoms with Gasteiger partial charge in [0.1, 0.15) is 0 Å². The Hall–Kier alpha value is -3.31. The number of aryl methyl sites for hydroxylation is 2. The molecule has 2 aromatic heterocycles. The van der Waals surface area contributed by atoms with Gasteiger partial charge in [-0.15, -0.1) is 11.3 Å². The first-order chi connectivity index (χ1) is 15.1. The molecule has 0 fully saturated rings. The number of carbonyl (C=O) groups excluding carboxylic acids is 1. The molecule has 2 aromatic carbocycles. The Morgan fingerprint density at radius 2 is 1.94 bits per heavy atom. The molecule has 0 unspecified atom stereocenters. The summed E-state index contributed by atoms with van der Waals surface area (Å²) in [5.74, 6) is -0.208. The lowest BCUT2D eigenvalue weighted by molar-refractivity contribution is 0.0956. The molecule has 0 saturated heterocycles. The number of para-hydroxylation sites is 1. The number of pyridine rings is 1. The van der Waals surface area contributed by atoms with Gasteiger partial charge in [0.15, 0.2) is 0 Å². The quantitative estimate of drug-likeness (QED) is 0.406. The average Bonchev–Trinajstić information content (AvgIpc) is 3.32. The number of fused-ring (bicyclic) bond motifs is 2. The van der Waals surface area contributed by atoms with E-state index in [1.165, 1.54) is 22.3 Å². The van der Waals surface area contributed by atoms with Crippen LogP contribution in [0, 0.1) is 13.8 Å². The highest BCUT2D eigenvalue weighted by Crippen LogP contribution is 2.29. The zero-order valence-electron chi connectivity index (χ0n) is 17.6. The zero-order chi connectivity index (χ0) is 21.4. The summed E-state index contributed by atoms with van der Waals surface area (Å²) in [6, 6.07) is 18.0. The number of carbonyl (C=O) groups is 1. The maximum Gasteiger partial charge on any atom is 0.272 e. The minimum Gasteiger partial charge on any atom is -0.267 e. The van der Waals surface area contributed by atoms with E-state index in [1.807, 2.05) is 47.8 Å². The lowest BCUT2D eigenvalue weighted by Crippen LogP contribution is -2.23. The third-order valence-corrected chi connectivity index (χ3v) is 6.69. The van der Waals surface area contributed by atoms with Crippen LogP contribution in [0.3, 0.4) is 0 Å². The maximum atomic E-state index is 13.2. The van der Waals surface area contributed by atoms with Crippen LogP contribution in [0.1, 0.15) is 45.5 Å². The molecule has 0 atom stereocenters. The van der Waals surface area contributed by atoms with Crippen molar-refractivity contribution in [1.29, 1.82) is 0 Å². The van der Waals surface area contributed by atoms with Gasteiger partial charge in [0, 0.05) is 10.9 Å². The average molecular weight is 426 g/mol. The molecule has 5 heteroatoms. The summed E-state index contributed by atoms with van der Waals surface area (Å²) < 4.78 is 0. The molecule has 31 heavy (non-hydrogen) atoms. The number of hydrogen-bond donors (Lipinski definition) is 1. The third-order valence-electron chi connectivity index (χ3n) is 5.80. The molecule has 1 N–H and O–H groups in total. The van der Waals surface area contributed by atoms with Gasteiger partial charge in [-0.2, -0.15) is 5.10 Å². The Kier molecular flexibility index (Phi) is 5.12. The molecule has 1 amide bonds. The smallest absolute Gasteiger partial charge is 0.267 e. The maximum absolute atomic E-state index is 13.2. The first-order valence-electron chi connectivity index (χ1n) is 10.5. The van der Waals surface area contributed by atoms with Gasteiger partial charge in [-0.3, -0.25) is 4.79 Å². The van der Waals surface area contributed by atoms with Crippen LogP contribution in [0.5, 0.6) is 0 Å². The van der Waals surface area contributed by atoms with Gasteiger partial charge < -0.3 is 0 Å². The van der Waals surface area contributed by atoms with Crippen LogP contribution < -0.4 is 5.43 Å². The molecular weight excluding hydrogens is 402 g/mol. The van der Waals surface area contributed by atoms with Gasteiger partial charge in [0.05, 0.1) is 27.4 Å². The van der Waals surface area contributed by atoms with Gasteiger partial charge in [0.25, 0.3) is 5.91 Å². The summed E-state index contributed by atoms with van der Waals surface area (Å²) in [4.78, 5) is 19.0. The van der Waals surface area contributed by atoms with Crippen molar-refractivity contribution in [3.63, 3.8) is 0 Å². The third kappa shape index (κ3) is 3.77. The van der Waals surface area contributed by atoms with Gasteiger partial charge in [0.2, 0.25) is 0 Å². The minimum atomic E-state index is -0.208. The highest BCUT2D eigenvalue weighted by Gasteiger charge is 2.19. The van der Waals surface area contributed by atoms with Crippen molar-refractivity contribution in [1.82, 2.24) is 10.4 Å². The number of hydrazone groups is 1. The van der Waals surface area contributed by atoms with E-state index < -0.39 is 0 Å². The summed E-state index contributed by atoms with van der Waals surface area (Å²) in [5, 5.41) is 7.43. The van der Waals surface area contributed by atoms with E-state index in [9.17, 15) is 4.79 Å². The molecule has 0 saturated carbocycles. The van der Waals surface area contributed by atoms with Gasteiger partial charge in [-0.25, -0.2) is 10.4 Å². The van der Waals surface area contributed by atoms with Crippen molar-refractivity contribution in [2.24, 2.45) is 5.10 Å². The van der Waals surface area contributed by atoms with Crippen LogP contribution in [0.2, 0.25) is 0 Å². The van der Waals surface area contributed by atoms with Crippen molar-refractivity contribution in [3.05, 3.63) is 87.8 Å². The molecule has 0 bridgehead atoms. The van der Waals surface area contributed by atoms with Gasteiger partial charge in [-0.05, 0) is 73.9 Å². The van der Waals surface area contributed by atoms with E-state index in [1.54, 1.807) is 11.3 Å². The van der Waals surface area contributed by atoms with Crippen molar-refractivity contribution in [2.75, 3.05) is 0 Å². The monoisotopic (exact) mass is 425 g/mol. The Labute approximate surface area is 185 Å². The van der Waals surface area contributed by atoms with Crippen LogP contribution >= 0.6 is 11.3 Å². The fourth-order valence-corrected chi connectivity index (χ4v) is 5.05.